The van der Waals surface area contributed by atoms with Crippen molar-refractivity contribution in [3.05, 3.63) is 29.8 Å². The Kier molecular flexibility index (Phi) is 5.34. The average molecular weight is 285 g/mol. The van der Waals surface area contributed by atoms with Crippen LogP contribution < -0.4 is 9.62 Å². The first-order valence-corrected chi connectivity index (χ1v) is 7.98. The highest BCUT2D eigenvalue weighted by Crippen LogP contribution is 2.21. The Balaban J connectivity index is 2.87. The van der Waals surface area contributed by atoms with Gasteiger partial charge in [0.1, 0.15) is 0 Å². The van der Waals surface area contributed by atoms with Crippen molar-refractivity contribution < 1.29 is 8.42 Å². The smallest absolute Gasteiger partial charge is 0.208 e. The van der Waals surface area contributed by atoms with Gasteiger partial charge in [0.2, 0.25) is 10.0 Å². The Hall–Kier alpha value is -1.11. The Bertz CT molecular complexity index is 495. The summed E-state index contributed by atoms with van der Waals surface area (Å²) >= 11 is 0. The van der Waals surface area contributed by atoms with Gasteiger partial charge in [-0.25, -0.2) is 13.1 Å². The zero-order valence-electron chi connectivity index (χ0n) is 12.2. The summed E-state index contributed by atoms with van der Waals surface area (Å²) in [5, 5.41) is 0. The molecule has 0 fully saturated rings. The van der Waals surface area contributed by atoms with Crippen molar-refractivity contribution in [2.75, 3.05) is 45.9 Å². The van der Waals surface area contributed by atoms with E-state index in [0.29, 0.717) is 6.54 Å². The second kappa shape index (κ2) is 6.36. The zero-order valence-corrected chi connectivity index (χ0v) is 13.0. The van der Waals surface area contributed by atoms with Gasteiger partial charge in [0.15, 0.2) is 0 Å². The molecule has 0 spiro atoms. The van der Waals surface area contributed by atoms with Crippen LogP contribution in [0.4, 0.5) is 5.69 Å². The van der Waals surface area contributed by atoms with Gasteiger partial charge in [-0.2, -0.15) is 0 Å². The maximum absolute atomic E-state index is 11.2. The lowest BCUT2D eigenvalue weighted by Gasteiger charge is -2.25. The van der Waals surface area contributed by atoms with Crippen LogP contribution in [0, 0.1) is 0 Å². The van der Waals surface area contributed by atoms with Crippen LogP contribution >= 0.6 is 0 Å². The van der Waals surface area contributed by atoms with Crippen LogP contribution in [0.5, 0.6) is 0 Å². The second-order valence-corrected chi connectivity index (χ2v) is 6.92. The van der Waals surface area contributed by atoms with Crippen molar-refractivity contribution in [3.8, 4) is 0 Å². The van der Waals surface area contributed by atoms with E-state index in [2.05, 4.69) is 4.72 Å². The van der Waals surface area contributed by atoms with Gasteiger partial charge < -0.3 is 9.80 Å². The molecule has 1 rings (SSSR count). The van der Waals surface area contributed by atoms with E-state index in [1.165, 1.54) is 6.26 Å². The highest BCUT2D eigenvalue weighted by Gasteiger charge is 2.16. The average Bonchev–Trinajstić information content (AvgIpc) is 2.27. The molecule has 19 heavy (non-hydrogen) atoms. The minimum atomic E-state index is -3.17. The number of sulfonamides is 1. The summed E-state index contributed by atoms with van der Waals surface area (Å²) in [6.45, 7) is 0.368. The van der Waals surface area contributed by atoms with Crippen molar-refractivity contribution in [1.82, 2.24) is 9.62 Å². The molecule has 0 saturated heterocycles. The summed E-state index contributed by atoms with van der Waals surface area (Å²) in [4.78, 5) is 4.03. The lowest BCUT2D eigenvalue weighted by molar-refractivity contribution is 0.299. The quantitative estimate of drug-likeness (QED) is 0.844. The third-order valence-electron chi connectivity index (χ3n) is 2.96. The predicted molar refractivity (Wildman–Crippen MR) is 80.0 cm³/mol. The van der Waals surface area contributed by atoms with Gasteiger partial charge in [-0.3, -0.25) is 0 Å². The molecular weight excluding hydrogens is 262 g/mol. The number of nitrogens with zero attached hydrogens (tertiary/aromatic N) is 2. The number of hydrogen-bond acceptors (Lipinski definition) is 4. The fraction of sp³-hybridized carbons (Fsp3) is 0.538. The van der Waals surface area contributed by atoms with Crippen LogP contribution in [0.25, 0.3) is 0 Å². The van der Waals surface area contributed by atoms with E-state index in [1.54, 1.807) is 0 Å². The summed E-state index contributed by atoms with van der Waals surface area (Å²) < 4.78 is 25.0. The molecule has 0 aliphatic heterocycles. The topological polar surface area (TPSA) is 52.7 Å². The summed E-state index contributed by atoms with van der Waals surface area (Å²) in [5.74, 6) is 0. The molecule has 0 amide bonds. The second-order valence-electron chi connectivity index (χ2n) is 5.09. The molecule has 0 aliphatic carbocycles. The largest absolute Gasteiger partial charge is 0.378 e. The van der Waals surface area contributed by atoms with E-state index in [4.69, 9.17) is 0 Å². The molecule has 0 unspecified atom stereocenters. The Morgan fingerprint density at radius 1 is 1.11 bits per heavy atom. The van der Waals surface area contributed by atoms with E-state index in [1.807, 2.05) is 62.3 Å². The molecule has 1 aromatic carbocycles. The fourth-order valence-corrected chi connectivity index (χ4v) is 2.28. The molecule has 5 nitrogen and oxygen atoms in total. The van der Waals surface area contributed by atoms with E-state index in [0.717, 1.165) is 11.3 Å². The minimum absolute atomic E-state index is 0.0194. The van der Waals surface area contributed by atoms with Gasteiger partial charge in [0, 0.05) is 32.4 Å². The highest BCUT2D eigenvalue weighted by atomic mass is 32.2. The summed E-state index contributed by atoms with van der Waals surface area (Å²) in [7, 11) is 4.69. The first kappa shape index (κ1) is 15.9. The van der Waals surface area contributed by atoms with E-state index in [-0.39, 0.29) is 6.04 Å². The first-order valence-electron chi connectivity index (χ1n) is 6.09. The molecule has 1 N–H and O–H groups in total. The maximum Gasteiger partial charge on any atom is 0.208 e. The van der Waals surface area contributed by atoms with Crippen LogP contribution in [-0.4, -0.2) is 54.3 Å². The minimum Gasteiger partial charge on any atom is -0.378 e. The lowest BCUT2D eigenvalue weighted by atomic mass is 10.1. The molecule has 0 aliphatic rings. The summed E-state index contributed by atoms with van der Waals surface area (Å²) in [5.41, 5.74) is 2.21. The number of anilines is 1. The van der Waals surface area contributed by atoms with Gasteiger partial charge >= 0.3 is 0 Å². The van der Waals surface area contributed by atoms with Gasteiger partial charge in [-0.1, -0.05) is 12.1 Å². The van der Waals surface area contributed by atoms with Crippen molar-refractivity contribution in [3.63, 3.8) is 0 Å². The molecule has 0 saturated carbocycles. The first-order chi connectivity index (χ1) is 8.70. The van der Waals surface area contributed by atoms with E-state index >= 15 is 0 Å². The normalized spacial score (nSPS) is 13.6. The maximum atomic E-state index is 11.2. The zero-order chi connectivity index (χ0) is 14.6. The number of hydrogen-bond donors (Lipinski definition) is 1. The molecule has 0 radical (unpaired) electrons. The standard InChI is InChI=1S/C13H23N3O2S/c1-15(2)12-8-6-11(7-9-12)13(16(3)4)10-14-19(5,17)18/h6-9,13-14H,10H2,1-5H3/t13-/m1/s1. The Labute approximate surface area is 116 Å². The van der Waals surface area contributed by atoms with Crippen molar-refractivity contribution in [2.45, 2.75) is 6.04 Å². The third kappa shape index (κ3) is 5.18. The summed E-state index contributed by atoms with van der Waals surface area (Å²) in [6.07, 6.45) is 1.18. The molecule has 6 heteroatoms. The van der Waals surface area contributed by atoms with Gasteiger partial charge in [0.05, 0.1) is 6.26 Å². The van der Waals surface area contributed by atoms with Gasteiger partial charge in [-0.05, 0) is 31.8 Å². The van der Waals surface area contributed by atoms with Crippen LogP contribution in [0.2, 0.25) is 0 Å². The number of likely N-dealkylation sites (N-methyl/N-ethyl adjacent to an activating group) is 1. The summed E-state index contributed by atoms with van der Waals surface area (Å²) in [6, 6.07) is 8.15. The predicted octanol–water partition coefficient (Wildman–Crippen LogP) is 0.905. The third-order valence-corrected chi connectivity index (χ3v) is 3.65. The SMILES string of the molecule is CN(C)c1ccc([C@@H](CNS(C)(=O)=O)N(C)C)cc1. The molecule has 1 aromatic rings. The molecule has 108 valence electrons. The molecular formula is C13H23N3O2S. The van der Waals surface area contributed by atoms with Crippen molar-refractivity contribution in [2.24, 2.45) is 0 Å². The van der Waals surface area contributed by atoms with Crippen LogP contribution in [0.15, 0.2) is 24.3 Å². The number of nitrogens with one attached hydrogen (secondary N) is 1. The highest BCUT2D eigenvalue weighted by molar-refractivity contribution is 7.88. The lowest BCUT2D eigenvalue weighted by Crippen LogP contribution is -2.33. The van der Waals surface area contributed by atoms with E-state index in [9.17, 15) is 8.42 Å². The van der Waals surface area contributed by atoms with Crippen molar-refractivity contribution >= 4 is 15.7 Å². The van der Waals surface area contributed by atoms with Crippen LogP contribution in [-0.2, 0) is 10.0 Å². The monoisotopic (exact) mass is 285 g/mol. The van der Waals surface area contributed by atoms with Crippen LogP contribution in [0.1, 0.15) is 11.6 Å². The number of rotatable bonds is 6. The molecule has 1 atom stereocenters. The fourth-order valence-electron chi connectivity index (χ4n) is 1.82. The Morgan fingerprint density at radius 2 is 1.63 bits per heavy atom. The van der Waals surface area contributed by atoms with Gasteiger partial charge in [-0.15, -0.1) is 0 Å². The van der Waals surface area contributed by atoms with Crippen LogP contribution in [0.3, 0.4) is 0 Å². The molecule has 0 heterocycles. The molecule has 0 aromatic heterocycles. The van der Waals surface area contributed by atoms with Crippen molar-refractivity contribution in [1.29, 1.82) is 0 Å². The van der Waals surface area contributed by atoms with E-state index < -0.39 is 10.0 Å². The van der Waals surface area contributed by atoms with Gasteiger partial charge in [0.25, 0.3) is 0 Å². The molecule has 0 bridgehead atoms. The Morgan fingerprint density at radius 3 is 2.00 bits per heavy atom. The number of benzene rings is 1.